The standard InChI is InChI=1S/C16H22N2O4/c1-10-5-6-12(7-11(10)2)14(20)17-8-13(19)18-9-16(3,4)15(21)22/h5-7H,8-9H2,1-4H3,(H,17,20)(H,18,19)(H,21,22). The number of carboxylic acid groups (broad SMARTS) is 1. The third kappa shape index (κ3) is 4.87. The quantitative estimate of drug-likeness (QED) is 0.737. The minimum atomic E-state index is -1.05. The lowest BCUT2D eigenvalue weighted by Crippen LogP contribution is -2.43. The van der Waals surface area contributed by atoms with Crippen LogP contribution in [0.25, 0.3) is 0 Å². The zero-order valence-electron chi connectivity index (χ0n) is 13.3. The van der Waals surface area contributed by atoms with E-state index in [0.29, 0.717) is 5.56 Å². The van der Waals surface area contributed by atoms with E-state index < -0.39 is 17.3 Å². The Kier molecular flexibility index (Phi) is 5.68. The van der Waals surface area contributed by atoms with E-state index in [1.54, 1.807) is 12.1 Å². The van der Waals surface area contributed by atoms with Gasteiger partial charge in [-0.2, -0.15) is 0 Å². The van der Waals surface area contributed by atoms with E-state index in [4.69, 9.17) is 5.11 Å². The van der Waals surface area contributed by atoms with Gasteiger partial charge in [-0.05, 0) is 51.0 Å². The molecule has 1 aromatic rings. The summed E-state index contributed by atoms with van der Waals surface area (Å²) in [5, 5.41) is 14.0. The predicted octanol–water partition coefficient (Wildman–Crippen LogP) is 1.26. The smallest absolute Gasteiger partial charge is 0.310 e. The summed E-state index contributed by atoms with van der Waals surface area (Å²) in [6, 6.07) is 5.30. The number of carboxylic acids is 1. The molecule has 0 aliphatic rings. The first kappa shape index (κ1) is 17.7. The Morgan fingerprint density at radius 3 is 2.27 bits per heavy atom. The van der Waals surface area contributed by atoms with Gasteiger partial charge in [-0.25, -0.2) is 0 Å². The molecular formula is C16H22N2O4. The normalized spacial score (nSPS) is 10.9. The summed E-state index contributed by atoms with van der Waals surface area (Å²) in [5.74, 6) is -1.76. The van der Waals surface area contributed by atoms with Crippen LogP contribution in [0.15, 0.2) is 18.2 Å². The van der Waals surface area contributed by atoms with Gasteiger partial charge in [0.1, 0.15) is 0 Å². The van der Waals surface area contributed by atoms with Crippen molar-refractivity contribution in [3.05, 3.63) is 34.9 Å². The summed E-state index contributed by atoms with van der Waals surface area (Å²) in [5.41, 5.74) is 1.53. The molecule has 0 aliphatic carbocycles. The second-order valence-corrected chi connectivity index (χ2v) is 5.95. The first-order valence-electron chi connectivity index (χ1n) is 6.99. The molecule has 0 saturated heterocycles. The van der Waals surface area contributed by atoms with E-state index in [-0.39, 0.29) is 19.0 Å². The molecule has 6 nitrogen and oxygen atoms in total. The summed E-state index contributed by atoms with van der Waals surface area (Å²) in [6.45, 7) is 6.70. The molecule has 2 amide bonds. The van der Waals surface area contributed by atoms with Gasteiger partial charge in [-0.1, -0.05) is 6.07 Å². The van der Waals surface area contributed by atoms with Gasteiger partial charge in [0, 0.05) is 12.1 Å². The van der Waals surface area contributed by atoms with Crippen LogP contribution < -0.4 is 10.6 Å². The number of nitrogens with one attached hydrogen (secondary N) is 2. The molecule has 0 saturated carbocycles. The summed E-state index contributed by atoms with van der Waals surface area (Å²) < 4.78 is 0. The lowest BCUT2D eigenvalue weighted by Gasteiger charge is -2.19. The van der Waals surface area contributed by atoms with Crippen LogP contribution in [0.2, 0.25) is 0 Å². The Bertz CT molecular complexity index is 594. The van der Waals surface area contributed by atoms with Crippen molar-refractivity contribution in [3.8, 4) is 0 Å². The molecule has 3 N–H and O–H groups in total. The third-order valence-corrected chi connectivity index (χ3v) is 3.49. The first-order chi connectivity index (χ1) is 10.1. The van der Waals surface area contributed by atoms with Crippen LogP contribution in [0.3, 0.4) is 0 Å². The number of aryl methyl sites for hydroxylation is 2. The van der Waals surface area contributed by atoms with E-state index in [0.717, 1.165) is 11.1 Å². The Morgan fingerprint density at radius 1 is 1.09 bits per heavy atom. The summed E-state index contributed by atoms with van der Waals surface area (Å²) in [4.78, 5) is 34.5. The third-order valence-electron chi connectivity index (χ3n) is 3.49. The second-order valence-electron chi connectivity index (χ2n) is 5.95. The van der Waals surface area contributed by atoms with E-state index in [1.165, 1.54) is 13.8 Å². The minimum absolute atomic E-state index is 0.000672. The van der Waals surface area contributed by atoms with Gasteiger partial charge in [0.25, 0.3) is 5.91 Å². The lowest BCUT2D eigenvalue weighted by atomic mass is 9.94. The highest BCUT2D eigenvalue weighted by atomic mass is 16.4. The van der Waals surface area contributed by atoms with Crippen molar-refractivity contribution in [2.75, 3.05) is 13.1 Å². The van der Waals surface area contributed by atoms with Crippen LogP contribution in [0.5, 0.6) is 0 Å². The van der Waals surface area contributed by atoms with Crippen LogP contribution in [0.4, 0.5) is 0 Å². The lowest BCUT2D eigenvalue weighted by molar-refractivity contribution is -0.146. The first-order valence-corrected chi connectivity index (χ1v) is 6.99. The zero-order chi connectivity index (χ0) is 16.9. The number of hydrogen-bond donors (Lipinski definition) is 3. The average Bonchev–Trinajstić information content (AvgIpc) is 2.45. The molecule has 0 heterocycles. The number of carbonyl (C=O) groups is 3. The fourth-order valence-electron chi connectivity index (χ4n) is 1.60. The van der Waals surface area contributed by atoms with E-state index in [2.05, 4.69) is 10.6 Å². The van der Waals surface area contributed by atoms with Gasteiger partial charge < -0.3 is 15.7 Å². The number of amides is 2. The summed E-state index contributed by atoms with van der Waals surface area (Å²) in [6.07, 6.45) is 0. The fraction of sp³-hybridized carbons (Fsp3) is 0.438. The topological polar surface area (TPSA) is 95.5 Å². The summed E-state index contributed by atoms with van der Waals surface area (Å²) in [7, 11) is 0. The molecule has 0 radical (unpaired) electrons. The molecule has 0 aliphatic heterocycles. The molecule has 0 fully saturated rings. The van der Waals surface area contributed by atoms with Gasteiger partial charge in [0.15, 0.2) is 0 Å². The van der Waals surface area contributed by atoms with Crippen molar-refractivity contribution in [2.45, 2.75) is 27.7 Å². The van der Waals surface area contributed by atoms with Crippen LogP contribution in [-0.4, -0.2) is 36.0 Å². The SMILES string of the molecule is Cc1ccc(C(=O)NCC(=O)NCC(C)(C)C(=O)O)cc1C. The number of benzene rings is 1. The molecule has 1 aromatic carbocycles. The monoisotopic (exact) mass is 306 g/mol. The van der Waals surface area contributed by atoms with Crippen LogP contribution in [0.1, 0.15) is 35.3 Å². The fourth-order valence-corrected chi connectivity index (χ4v) is 1.60. The van der Waals surface area contributed by atoms with Crippen LogP contribution in [-0.2, 0) is 9.59 Å². The van der Waals surface area contributed by atoms with E-state index in [1.807, 2.05) is 19.9 Å². The maximum Gasteiger partial charge on any atom is 0.310 e. The molecule has 0 bridgehead atoms. The van der Waals surface area contributed by atoms with Crippen molar-refractivity contribution in [2.24, 2.45) is 5.41 Å². The molecule has 6 heteroatoms. The number of aliphatic carboxylic acids is 1. The Morgan fingerprint density at radius 2 is 1.73 bits per heavy atom. The van der Waals surface area contributed by atoms with Crippen LogP contribution in [0, 0.1) is 19.3 Å². The van der Waals surface area contributed by atoms with Crippen molar-refractivity contribution in [1.29, 1.82) is 0 Å². The van der Waals surface area contributed by atoms with Gasteiger partial charge in [-0.3, -0.25) is 14.4 Å². The minimum Gasteiger partial charge on any atom is -0.481 e. The number of carbonyl (C=O) groups excluding carboxylic acids is 2. The molecule has 0 unspecified atom stereocenters. The average molecular weight is 306 g/mol. The molecule has 0 spiro atoms. The summed E-state index contributed by atoms with van der Waals surface area (Å²) >= 11 is 0. The molecule has 120 valence electrons. The highest BCUT2D eigenvalue weighted by molar-refractivity contribution is 5.96. The van der Waals surface area contributed by atoms with Crippen molar-refractivity contribution in [3.63, 3.8) is 0 Å². The second kappa shape index (κ2) is 7.06. The molecular weight excluding hydrogens is 284 g/mol. The van der Waals surface area contributed by atoms with Gasteiger partial charge in [-0.15, -0.1) is 0 Å². The van der Waals surface area contributed by atoms with E-state index >= 15 is 0 Å². The van der Waals surface area contributed by atoms with Gasteiger partial charge in [0.05, 0.1) is 12.0 Å². The van der Waals surface area contributed by atoms with Crippen molar-refractivity contribution in [1.82, 2.24) is 10.6 Å². The number of rotatable bonds is 6. The molecule has 0 atom stereocenters. The molecule has 22 heavy (non-hydrogen) atoms. The zero-order valence-corrected chi connectivity index (χ0v) is 13.3. The highest BCUT2D eigenvalue weighted by Gasteiger charge is 2.27. The number of hydrogen-bond acceptors (Lipinski definition) is 3. The van der Waals surface area contributed by atoms with Crippen molar-refractivity contribution < 1.29 is 19.5 Å². The Balaban J connectivity index is 2.48. The Hall–Kier alpha value is -2.37. The van der Waals surface area contributed by atoms with Gasteiger partial charge >= 0.3 is 5.97 Å². The maximum absolute atomic E-state index is 11.9. The molecule has 0 aromatic heterocycles. The Labute approximate surface area is 129 Å². The van der Waals surface area contributed by atoms with E-state index in [9.17, 15) is 14.4 Å². The van der Waals surface area contributed by atoms with Gasteiger partial charge in [0.2, 0.25) is 5.91 Å². The largest absolute Gasteiger partial charge is 0.481 e. The van der Waals surface area contributed by atoms with Crippen molar-refractivity contribution >= 4 is 17.8 Å². The predicted molar refractivity (Wildman–Crippen MR) is 82.7 cm³/mol. The molecule has 1 rings (SSSR count). The highest BCUT2D eigenvalue weighted by Crippen LogP contribution is 2.13. The van der Waals surface area contributed by atoms with Crippen LogP contribution >= 0.6 is 0 Å². The maximum atomic E-state index is 11.9.